The number of carbonyl (C=O) groups is 3. The summed E-state index contributed by atoms with van der Waals surface area (Å²) in [5.41, 5.74) is 1.91. The molecule has 0 aliphatic carbocycles. The van der Waals surface area contributed by atoms with Crippen LogP contribution in [0.4, 0.5) is 5.69 Å². The molecule has 2 aromatic rings. The SMILES string of the molecule is CCOC(=O)c1ccccc1N(CCNC(=O)CCc1ccccc1)C(C)=O. The highest BCUT2D eigenvalue weighted by Gasteiger charge is 2.19. The predicted octanol–water partition coefficient (Wildman–Crippen LogP) is 2.97. The van der Waals surface area contributed by atoms with Gasteiger partial charge in [0.15, 0.2) is 0 Å². The number of aryl methyl sites for hydroxylation is 1. The molecule has 6 nitrogen and oxygen atoms in total. The quantitative estimate of drug-likeness (QED) is 0.677. The number of esters is 1. The predicted molar refractivity (Wildman–Crippen MR) is 108 cm³/mol. The molecule has 2 rings (SSSR count). The van der Waals surface area contributed by atoms with Crippen LogP contribution in [-0.2, 0) is 20.7 Å². The van der Waals surface area contributed by atoms with Crippen LogP contribution in [0.15, 0.2) is 54.6 Å². The van der Waals surface area contributed by atoms with Crippen LogP contribution in [0.25, 0.3) is 0 Å². The monoisotopic (exact) mass is 382 g/mol. The number of nitrogens with one attached hydrogen (secondary N) is 1. The minimum atomic E-state index is -0.476. The van der Waals surface area contributed by atoms with Crippen LogP contribution < -0.4 is 10.2 Å². The summed E-state index contributed by atoms with van der Waals surface area (Å²) in [6.45, 7) is 3.98. The van der Waals surface area contributed by atoms with Crippen LogP contribution in [0, 0.1) is 0 Å². The third-order valence-electron chi connectivity index (χ3n) is 4.21. The van der Waals surface area contributed by atoms with Crippen molar-refractivity contribution in [2.24, 2.45) is 0 Å². The zero-order valence-corrected chi connectivity index (χ0v) is 16.3. The Morgan fingerprint density at radius 3 is 2.36 bits per heavy atom. The Balaban J connectivity index is 1.94. The summed E-state index contributed by atoms with van der Waals surface area (Å²) in [6, 6.07) is 16.6. The molecule has 0 saturated heterocycles. The maximum Gasteiger partial charge on any atom is 0.340 e. The zero-order valence-electron chi connectivity index (χ0n) is 16.3. The van der Waals surface area contributed by atoms with Crippen LogP contribution in [0.1, 0.15) is 36.2 Å². The molecule has 2 aromatic carbocycles. The third-order valence-corrected chi connectivity index (χ3v) is 4.21. The summed E-state index contributed by atoms with van der Waals surface area (Å²) in [5.74, 6) is -0.766. The van der Waals surface area contributed by atoms with Gasteiger partial charge in [-0.2, -0.15) is 0 Å². The maximum absolute atomic E-state index is 12.2. The molecule has 2 amide bonds. The van der Waals surface area contributed by atoms with Gasteiger partial charge < -0.3 is 15.0 Å². The summed E-state index contributed by atoms with van der Waals surface area (Å²) in [6.07, 6.45) is 1.04. The van der Waals surface area contributed by atoms with Gasteiger partial charge in [0.2, 0.25) is 11.8 Å². The van der Waals surface area contributed by atoms with Gasteiger partial charge in [-0.05, 0) is 31.0 Å². The molecule has 0 radical (unpaired) electrons. The number of hydrogen-bond donors (Lipinski definition) is 1. The van der Waals surface area contributed by atoms with E-state index in [9.17, 15) is 14.4 Å². The molecule has 0 heterocycles. The van der Waals surface area contributed by atoms with E-state index in [-0.39, 0.29) is 25.0 Å². The van der Waals surface area contributed by atoms with Crippen LogP contribution >= 0.6 is 0 Å². The molecule has 6 heteroatoms. The van der Waals surface area contributed by atoms with Gasteiger partial charge in [-0.15, -0.1) is 0 Å². The van der Waals surface area contributed by atoms with Crippen molar-refractivity contribution < 1.29 is 19.1 Å². The molecule has 0 saturated carbocycles. The van der Waals surface area contributed by atoms with Crippen molar-refractivity contribution in [3.8, 4) is 0 Å². The van der Waals surface area contributed by atoms with Crippen LogP contribution in [0.3, 0.4) is 0 Å². The highest BCUT2D eigenvalue weighted by molar-refractivity contribution is 6.02. The second-order valence-corrected chi connectivity index (χ2v) is 6.24. The van der Waals surface area contributed by atoms with Crippen molar-refractivity contribution in [3.05, 3.63) is 65.7 Å². The molecular formula is C22H26N2O4. The summed E-state index contributed by atoms with van der Waals surface area (Å²) >= 11 is 0. The molecule has 28 heavy (non-hydrogen) atoms. The average molecular weight is 382 g/mol. The Morgan fingerprint density at radius 1 is 1.00 bits per heavy atom. The van der Waals surface area contributed by atoms with Gasteiger partial charge in [0, 0.05) is 26.4 Å². The molecule has 1 N–H and O–H groups in total. The lowest BCUT2D eigenvalue weighted by atomic mass is 10.1. The molecule has 0 unspecified atom stereocenters. The zero-order chi connectivity index (χ0) is 20.4. The van der Waals surface area contributed by atoms with Crippen molar-refractivity contribution >= 4 is 23.5 Å². The van der Waals surface area contributed by atoms with Crippen LogP contribution in [0.2, 0.25) is 0 Å². The van der Waals surface area contributed by atoms with Gasteiger partial charge in [-0.25, -0.2) is 4.79 Å². The van der Waals surface area contributed by atoms with Crippen LogP contribution in [-0.4, -0.2) is 37.5 Å². The van der Waals surface area contributed by atoms with Gasteiger partial charge in [0.05, 0.1) is 17.9 Å². The Hall–Kier alpha value is -3.15. The van der Waals surface area contributed by atoms with Gasteiger partial charge >= 0.3 is 5.97 Å². The first-order valence-electron chi connectivity index (χ1n) is 9.37. The molecule has 0 aromatic heterocycles. The average Bonchev–Trinajstić information content (AvgIpc) is 2.70. The molecule has 0 aliphatic rings. The highest BCUT2D eigenvalue weighted by atomic mass is 16.5. The topological polar surface area (TPSA) is 75.7 Å². The lowest BCUT2D eigenvalue weighted by Gasteiger charge is -2.23. The van der Waals surface area contributed by atoms with E-state index in [0.717, 1.165) is 5.56 Å². The number of rotatable bonds is 9. The van der Waals surface area contributed by atoms with Crippen molar-refractivity contribution in [2.45, 2.75) is 26.7 Å². The van der Waals surface area contributed by atoms with E-state index in [1.165, 1.54) is 11.8 Å². The van der Waals surface area contributed by atoms with Crippen molar-refractivity contribution in [1.29, 1.82) is 0 Å². The van der Waals surface area contributed by atoms with Gasteiger partial charge in [0.1, 0.15) is 0 Å². The first-order chi connectivity index (χ1) is 13.5. The smallest absolute Gasteiger partial charge is 0.340 e. The van der Waals surface area contributed by atoms with Gasteiger partial charge in [-0.3, -0.25) is 9.59 Å². The van der Waals surface area contributed by atoms with E-state index in [0.29, 0.717) is 30.6 Å². The fourth-order valence-electron chi connectivity index (χ4n) is 2.84. The number of hydrogen-bond acceptors (Lipinski definition) is 4. The number of nitrogens with zero attached hydrogens (tertiary/aromatic N) is 1. The number of amides is 2. The minimum Gasteiger partial charge on any atom is -0.462 e. The summed E-state index contributed by atoms with van der Waals surface area (Å²) < 4.78 is 5.07. The summed E-state index contributed by atoms with van der Waals surface area (Å²) in [5, 5.41) is 2.83. The van der Waals surface area contributed by atoms with Crippen molar-refractivity contribution in [1.82, 2.24) is 5.32 Å². The lowest BCUT2D eigenvalue weighted by molar-refractivity contribution is -0.121. The largest absolute Gasteiger partial charge is 0.462 e. The summed E-state index contributed by atoms with van der Waals surface area (Å²) in [4.78, 5) is 37.8. The molecule has 0 bridgehead atoms. The number of carbonyl (C=O) groups excluding carboxylic acids is 3. The molecule has 0 atom stereocenters. The van der Waals surface area contributed by atoms with E-state index >= 15 is 0 Å². The second kappa shape index (κ2) is 10.9. The van der Waals surface area contributed by atoms with E-state index < -0.39 is 5.97 Å². The highest BCUT2D eigenvalue weighted by Crippen LogP contribution is 2.21. The standard InChI is InChI=1S/C22H26N2O4/c1-3-28-22(27)19-11-7-8-12-20(19)24(17(2)25)16-15-23-21(26)14-13-18-9-5-4-6-10-18/h4-12H,3,13-16H2,1-2H3,(H,23,26). The Morgan fingerprint density at radius 2 is 1.68 bits per heavy atom. The first-order valence-corrected chi connectivity index (χ1v) is 9.37. The van der Waals surface area contributed by atoms with E-state index in [1.54, 1.807) is 31.2 Å². The molecule has 0 aliphatic heterocycles. The third kappa shape index (κ3) is 6.23. The lowest BCUT2D eigenvalue weighted by Crippen LogP contribution is -2.38. The fourth-order valence-corrected chi connectivity index (χ4v) is 2.84. The number of ether oxygens (including phenoxy) is 1. The molecule has 148 valence electrons. The summed E-state index contributed by atoms with van der Waals surface area (Å²) in [7, 11) is 0. The number of benzene rings is 2. The van der Waals surface area contributed by atoms with Gasteiger partial charge in [0.25, 0.3) is 0 Å². The first kappa shape index (κ1) is 21.2. The number of para-hydroxylation sites is 1. The maximum atomic E-state index is 12.2. The van der Waals surface area contributed by atoms with Crippen molar-refractivity contribution in [2.75, 3.05) is 24.6 Å². The van der Waals surface area contributed by atoms with E-state index in [1.807, 2.05) is 30.3 Å². The van der Waals surface area contributed by atoms with Gasteiger partial charge in [-0.1, -0.05) is 42.5 Å². The molecule has 0 spiro atoms. The molecular weight excluding hydrogens is 356 g/mol. The van der Waals surface area contributed by atoms with E-state index in [2.05, 4.69) is 5.32 Å². The molecule has 0 fully saturated rings. The fraction of sp³-hybridized carbons (Fsp3) is 0.318. The normalized spacial score (nSPS) is 10.2. The Kier molecular flexibility index (Phi) is 8.21. The number of anilines is 1. The second-order valence-electron chi connectivity index (χ2n) is 6.24. The van der Waals surface area contributed by atoms with E-state index in [4.69, 9.17) is 4.74 Å². The Labute approximate surface area is 165 Å². The van der Waals surface area contributed by atoms with Crippen LogP contribution in [0.5, 0.6) is 0 Å². The Bertz CT molecular complexity index is 805. The minimum absolute atomic E-state index is 0.0777. The van der Waals surface area contributed by atoms with Crippen molar-refractivity contribution in [3.63, 3.8) is 0 Å².